The van der Waals surface area contributed by atoms with Gasteiger partial charge in [0.05, 0.1) is 0 Å². The van der Waals surface area contributed by atoms with E-state index in [1.54, 1.807) is 0 Å². The topological polar surface area (TPSA) is 24.1 Å². The van der Waals surface area contributed by atoms with Crippen LogP contribution in [0, 0.1) is 13.8 Å². The lowest BCUT2D eigenvalue weighted by Crippen LogP contribution is -2.18. The predicted octanol–water partition coefficient (Wildman–Crippen LogP) is 6.16. The lowest BCUT2D eigenvalue weighted by Gasteiger charge is -2.17. The normalized spacial score (nSPS) is 18.4. The molecule has 0 spiro atoms. The van der Waals surface area contributed by atoms with Gasteiger partial charge in [-0.25, -0.2) is 0 Å². The summed E-state index contributed by atoms with van der Waals surface area (Å²) in [5.41, 5.74) is 8.74. The molecule has 0 fully saturated rings. The quantitative estimate of drug-likeness (QED) is 0.553. The molecule has 2 nitrogen and oxygen atoms in total. The Bertz CT molecular complexity index is 806. The van der Waals surface area contributed by atoms with Crippen LogP contribution in [0.2, 0.25) is 0 Å². The van der Waals surface area contributed by atoms with E-state index in [0.29, 0.717) is 5.41 Å². The third-order valence-corrected chi connectivity index (χ3v) is 6.23. The van der Waals surface area contributed by atoms with E-state index in [4.69, 9.17) is 0 Å². The van der Waals surface area contributed by atoms with E-state index in [-0.39, 0.29) is 5.41 Å². The first-order chi connectivity index (χ1) is 11.6. The van der Waals surface area contributed by atoms with Crippen LogP contribution in [-0.2, 0) is 10.8 Å². The van der Waals surface area contributed by atoms with E-state index in [1.165, 1.54) is 38.1 Å². The second-order valence-corrected chi connectivity index (χ2v) is 9.53. The number of aryl methyl sites for hydroxylation is 2. The Balaban J connectivity index is 0.000000146. The highest BCUT2D eigenvalue weighted by Gasteiger charge is 2.30. The van der Waals surface area contributed by atoms with Crippen molar-refractivity contribution in [2.75, 3.05) is 23.7 Å². The van der Waals surface area contributed by atoms with E-state index in [1.807, 2.05) is 0 Å². The number of rotatable bonds is 0. The van der Waals surface area contributed by atoms with Gasteiger partial charge in [-0.15, -0.1) is 0 Å². The lowest BCUT2D eigenvalue weighted by atomic mass is 9.86. The van der Waals surface area contributed by atoms with Crippen molar-refractivity contribution in [2.45, 2.75) is 52.4 Å². The van der Waals surface area contributed by atoms with Gasteiger partial charge in [-0.05, 0) is 42.7 Å². The third kappa shape index (κ3) is 3.57. The molecule has 0 unspecified atom stereocenters. The summed E-state index contributed by atoms with van der Waals surface area (Å²) >= 11 is 3.55. The number of fused-ring (bicyclic) bond motifs is 2. The second kappa shape index (κ2) is 6.35. The highest BCUT2D eigenvalue weighted by molar-refractivity contribution is 9.10. The van der Waals surface area contributed by atoms with E-state index in [9.17, 15) is 0 Å². The van der Waals surface area contributed by atoms with Gasteiger partial charge >= 0.3 is 0 Å². The molecule has 0 atom stereocenters. The number of halogens is 1. The Morgan fingerprint density at radius 2 is 1.36 bits per heavy atom. The molecule has 134 valence electrons. The molecule has 0 saturated carbocycles. The molecule has 2 heterocycles. The molecule has 4 rings (SSSR count). The number of nitrogens with one attached hydrogen (secondary N) is 2. The molecular formula is C22H29BrN2. The van der Waals surface area contributed by atoms with Crippen molar-refractivity contribution in [3.8, 4) is 0 Å². The zero-order valence-corrected chi connectivity index (χ0v) is 17.8. The van der Waals surface area contributed by atoms with Crippen molar-refractivity contribution >= 4 is 27.3 Å². The molecule has 0 aromatic heterocycles. The van der Waals surface area contributed by atoms with Gasteiger partial charge in [-0.1, -0.05) is 67.4 Å². The Kier molecular flexibility index (Phi) is 4.65. The first kappa shape index (κ1) is 18.3. The Labute approximate surface area is 160 Å². The lowest BCUT2D eigenvalue weighted by molar-refractivity contribution is 0.585. The van der Waals surface area contributed by atoms with Crippen molar-refractivity contribution in [1.29, 1.82) is 0 Å². The number of benzene rings is 2. The van der Waals surface area contributed by atoms with Crippen LogP contribution in [0.4, 0.5) is 11.4 Å². The van der Waals surface area contributed by atoms with Crippen LogP contribution >= 0.6 is 15.9 Å². The van der Waals surface area contributed by atoms with Gasteiger partial charge < -0.3 is 10.6 Å². The molecule has 0 amide bonds. The molecule has 2 aliphatic rings. The molecule has 0 aliphatic carbocycles. The fourth-order valence-electron chi connectivity index (χ4n) is 3.58. The highest BCUT2D eigenvalue weighted by Crippen LogP contribution is 2.39. The Morgan fingerprint density at radius 1 is 0.800 bits per heavy atom. The fourth-order valence-corrected chi connectivity index (χ4v) is 3.93. The van der Waals surface area contributed by atoms with E-state index in [2.05, 4.69) is 98.4 Å². The summed E-state index contributed by atoms with van der Waals surface area (Å²) in [7, 11) is 0. The van der Waals surface area contributed by atoms with Gasteiger partial charge in [0, 0.05) is 39.8 Å². The molecule has 0 saturated heterocycles. The SMILES string of the molecule is Cc1cc2c(cc1Br)NCC2(C)C.Cc1ccc2c(c1)C(C)(C)CN2. The summed E-state index contributed by atoms with van der Waals surface area (Å²) in [6.07, 6.45) is 0. The van der Waals surface area contributed by atoms with Crippen molar-refractivity contribution in [3.05, 3.63) is 57.1 Å². The number of hydrogen-bond acceptors (Lipinski definition) is 2. The zero-order chi connectivity index (χ0) is 18.4. The molecular weight excluding hydrogens is 372 g/mol. The van der Waals surface area contributed by atoms with Crippen molar-refractivity contribution in [3.63, 3.8) is 0 Å². The average Bonchev–Trinajstić information content (AvgIpc) is 2.98. The van der Waals surface area contributed by atoms with Crippen LogP contribution in [0.1, 0.15) is 49.9 Å². The largest absolute Gasteiger partial charge is 0.384 e. The van der Waals surface area contributed by atoms with Crippen molar-refractivity contribution < 1.29 is 0 Å². The summed E-state index contributed by atoms with van der Waals surface area (Å²) < 4.78 is 1.19. The van der Waals surface area contributed by atoms with Crippen LogP contribution in [0.15, 0.2) is 34.8 Å². The monoisotopic (exact) mass is 400 g/mol. The smallest absolute Gasteiger partial charge is 0.0390 e. The average molecular weight is 401 g/mol. The molecule has 2 aromatic rings. The van der Waals surface area contributed by atoms with Gasteiger partial charge in [0.15, 0.2) is 0 Å². The first-order valence-electron chi connectivity index (χ1n) is 9.00. The van der Waals surface area contributed by atoms with Gasteiger partial charge in [-0.3, -0.25) is 0 Å². The molecule has 2 aliphatic heterocycles. The summed E-state index contributed by atoms with van der Waals surface area (Å²) in [6.45, 7) is 15.5. The van der Waals surface area contributed by atoms with Crippen LogP contribution < -0.4 is 10.6 Å². The second-order valence-electron chi connectivity index (χ2n) is 8.67. The van der Waals surface area contributed by atoms with Crippen LogP contribution in [0.5, 0.6) is 0 Å². The fraction of sp³-hybridized carbons (Fsp3) is 0.455. The van der Waals surface area contributed by atoms with Crippen LogP contribution in [-0.4, -0.2) is 13.1 Å². The summed E-state index contributed by atoms with van der Waals surface area (Å²) in [6, 6.07) is 11.1. The third-order valence-electron chi connectivity index (χ3n) is 5.37. The van der Waals surface area contributed by atoms with E-state index >= 15 is 0 Å². The molecule has 25 heavy (non-hydrogen) atoms. The van der Waals surface area contributed by atoms with E-state index < -0.39 is 0 Å². The minimum absolute atomic E-state index is 0.279. The van der Waals surface area contributed by atoms with Gasteiger partial charge in [-0.2, -0.15) is 0 Å². The summed E-state index contributed by atoms with van der Waals surface area (Å²) in [5.74, 6) is 0. The Morgan fingerprint density at radius 3 is 2.00 bits per heavy atom. The van der Waals surface area contributed by atoms with Crippen molar-refractivity contribution in [2.24, 2.45) is 0 Å². The van der Waals surface area contributed by atoms with Gasteiger partial charge in [0.1, 0.15) is 0 Å². The predicted molar refractivity (Wildman–Crippen MR) is 113 cm³/mol. The minimum atomic E-state index is 0.279. The first-order valence-corrected chi connectivity index (χ1v) is 9.79. The van der Waals surface area contributed by atoms with Crippen LogP contribution in [0.3, 0.4) is 0 Å². The molecule has 0 radical (unpaired) electrons. The molecule has 0 bridgehead atoms. The minimum Gasteiger partial charge on any atom is -0.384 e. The van der Waals surface area contributed by atoms with Crippen molar-refractivity contribution in [1.82, 2.24) is 0 Å². The summed E-state index contributed by atoms with van der Waals surface area (Å²) in [5, 5.41) is 6.85. The van der Waals surface area contributed by atoms with Crippen LogP contribution in [0.25, 0.3) is 0 Å². The maximum Gasteiger partial charge on any atom is 0.0390 e. The van der Waals surface area contributed by atoms with E-state index in [0.717, 1.165) is 13.1 Å². The maximum absolute atomic E-state index is 3.55. The number of anilines is 2. The summed E-state index contributed by atoms with van der Waals surface area (Å²) in [4.78, 5) is 0. The zero-order valence-electron chi connectivity index (χ0n) is 16.2. The molecule has 2 aromatic carbocycles. The molecule has 2 N–H and O–H groups in total. The van der Waals surface area contributed by atoms with Gasteiger partial charge in [0.25, 0.3) is 0 Å². The van der Waals surface area contributed by atoms with Gasteiger partial charge in [0.2, 0.25) is 0 Å². The highest BCUT2D eigenvalue weighted by atomic mass is 79.9. The Hall–Kier alpha value is -1.48. The number of hydrogen-bond donors (Lipinski definition) is 2. The molecule has 3 heteroatoms. The maximum atomic E-state index is 3.55. The standard InChI is InChI=1S/C11H14BrN.C11H15N/c1-7-4-8-10(5-9(7)12)13-6-11(8,2)3;1-8-4-5-10-9(6-8)11(2,3)7-12-10/h4-5,13H,6H2,1-3H3;4-6,12H,7H2,1-3H3.